The molecule has 9 heteroatoms. The van der Waals surface area contributed by atoms with Crippen molar-refractivity contribution in [3.8, 4) is 5.75 Å². The molecule has 2 rings (SSSR count). The molecule has 0 saturated heterocycles. The van der Waals surface area contributed by atoms with Crippen molar-refractivity contribution in [2.75, 3.05) is 19.1 Å². The maximum Gasteiger partial charge on any atom is 0.269 e. The van der Waals surface area contributed by atoms with Crippen molar-refractivity contribution >= 4 is 41.1 Å². The number of hydrogen-bond donors (Lipinski definition) is 3. The maximum absolute atomic E-state index is 12.6. The molecule has 7 nitrogen and oxygen atoms in total. The number of para-hydroxylation sites is 1. The van der Waals surface area contributed by atoms with Crippen LogP contribution >= 0.6 is 23.4 Å². The molecule has 0 fully saturated rings. The number of methoxy groups -OCH3 is 1. The van der Waals surface area contributed by atoms with E-state index in [1.165, 1.54) is 7.11 Å². The van der Waals surface area contributed by atoms with Crippen LogP contribution in [0.3, 0.4) is 0 Å². The monoisotopic (exact) mass is 435 g/mol. The fourth-order valence-electron chi connectivity index (χ4n) is 2.45. The van der Waals surface area contributed by atoms with Gasteiger partial charge in [-0.25, -0.2) is 0 Å². The molecule has 1 unspecified atom stereocenters. The molecule has 0 saturated carbocycles. The number of benzene rings is 2. The van der Waals surface area contributed by atoms with Gasteiger partial charge >= 0.3 is 0 Å². The van der Waals surface area contributed by atoms with Crippen LogP contribution in [0.15, 0.2) is 48.5 Å². The number of halogens is 1. The molecule has 0 aliphatic carbocycles. The third-order valence-corrected chi connectivity index (χ3v) is 4.89. The standard InChI is InChI=1S/C20H22ClN3O4S/c1-28-17-6-4-3-5-15(17)19(26)22-16(11-12-29-2)20(27)24-23-18(25)13-7-9-14(21)10-8-13/h3-10,16H,11-12H2,1-2H3,(H,22,26)(H,23,25)(H,24,27). The SMILES string of the molecule is COc1ccccc1C(=O)NC(CCSC)C(=O)NNC(=O)c1ccc(Cl)cc1. The molecule has 0 spiro atoms. The molecule has 1 atom stereocenters. The summed E-state index contributed by atoms with van der Waals surface area (Å²) in [6.45, 7) is 0. The van der Waals surface area contributed by atoms with Gasteiger partial charge in [-0.05, 0) is 54.8 Å². The fourth-order valence-corrected chi connectivity index (χ4v) is 3.05. The fraction of sp³-hybridized carbons (Fsp3) is 0.250. The van der Waals surface area contributed by atoms with Crippen molar-refractivity contribution in [3.05, 3.63) is 64.7 Å². The van der Waals surface area contributed by atoms with Crippen LogP contribution in [0.4, 0.5) is 0 Å². The van der Waals surface area contributed by atoms with Crippen molar-refractivity contribution in [3.63, 3.8) is 0 Å². The number of nitrogens with one attached hydrogen (secondary N) is 3. The average Bonchev–Trinajstić information content (AvgIpc) is 2.74. The van der Waals surface area contributed by atoms with Gasteiger partial charge in [0.05, 0.1) is 12.7 Å². The average molecular weight is 436 g/mol. The molecule has 2 aromatic rings. The van der Waals surface area contributed by atoms with Gasteiger partial charge in [0, 0.05) is 10.6 Å². The highest BCUT2D eigenvalue weighted by Crippen LogP contribution is 2.17. The maximum atomic E-state index is 12.6. The van der Waals surface area contributed by atoms with Crippen LogP contribution in [0.5, 0.6) is 5.75 Å². The summed E-state index contributed by atoms with van der Waals surface area (Å²) >= 11 is 7.35. The second-order valence-corrected chi connectivity index (χ2v) is 7.38. The lowest BCUT2D eigenvalue weighted by molar-refractivity contribution is -0.123. The number of carbonyl (C=O) groups is 3. The lowest BCUT2D eigenvalue weighted by Gasteiger charge is -2.19. The first-order valence-corrected chi connectivity index (χ1v) is 10.5. The summed E-state index contributed by atoms with van der Waals surface area (Å²) in [5.74, 6) is -0.396. The molecule has 3 amide bonds. The predicted octanol–water partition coefficient (Wildman–Crippen LogP) is 2.66. The highest BCUT2D eigenvalue weighted by Gasteiger charge is 2.23. The van der Waals surface area contributed by atoms with Gasteiger partial charge in [-0.1, -0.05) is 23.7 Å². The van der Waals surface area contributed by atoms with Gasteiger partial charge in [-0.15, -0.1) is 0 Å². The van der Waals surface area contributed by atoms with Gasteiger partial charge in [-0.2, -0.15) is 11.8 Å². The molecule has 0 aromatic heterocycles. The Morgan fingerprint density at radius 3 is 2.38 bits per heavy atom. The molecule has 154 valence electrons. The smallest absolute Gasteiger partial charge is 0.269 e. The zero-order valence-electron chi connectivity index (χ0n) is 16.0. The van der Waals surface area contributed by atoms with Crippen molar-refractivity contribution in [1.29, 1.82) is 0 Å². The number of amides is 3. The lowest BCUT2D eigenvalue weighted by atomic mass is 10.1. The number of carbonyl (C=O) groups excluding carboxylic acids is 3. The number of thioether (sulfide) groups is 1. The van der Waals surface area contributed by atoms with Gasteiger partial charge in [0.15, 0.2) is 0 Å². The third-order valence-electron chi connectivity index (χ3n) is 3.99. The molecular formula is C20H22ClN3O4S. The predicted molar refractivity (Wildman–Crippen MR) is 114 cm³/mol. The molecule has 0 radical (unpaired) electrons. The summed E-state index contributed by atoms with van der Waals surface area (Å²) in [5.41, 5.74) is 5.37. The summed E-state index contributed by atoms with van der Waals surface area (Å²) in [5, 5.41) is 3.20. The minimum atomic E-state index is -0.828. The van der Waals surface area contributed by atoms with E-state index in [1.54, 1.807) is 60.3 Å². The van der Waals surface area contributed by atoms with E-state index in [9.17, 15) is 14.4 Å². The number of ether oxygens (including phenoxy) is 1. The molecule has 0 bridgehead atoms. The van der Waals surface area contributed by atoms with Crippen molar-refractivity contribution in [1.82, 2.24) is 16.2 Å². The third kappa shape index (κ3) is 6.69. The Morgan fingerprint density at radius 1 is 1.03 bits per heavy atom. The minimum Gasteiger partial charge on any atom is -0.496 e. The molecule has 0 aliphatic heterocycles. The first-order chi connectivity index (χ1) is 14.0. The normalized spacial score (nSPS) is 11.3. The number of hydrogen-bond acceptors (Lipinski definition) is 5. The van der Waals surface area contributed by atoms with E-state index in [2.05, 4.69) is 16.2 Å². The first kappa shape index (κ1) is 22.6. The quantitative estimate of drug-likeness (QED) is 0.554. The van der Waals surface area contributed by atoms with Crippen LogP contribution in [0, 0.1) is 0 Å². The van der Waals surface area contributed by atoms with E-state index in [1.807, 2.05) is 6.26 Å². The molecule has 0 aliphatic rings. The Morgan fingerprint density at radius 2 is 1.72 bits per heavy atom. The van der Waals surface area contributed by atoms with Crippen LogP contribution < -0.4 is 20.9 Å². The first-order valence-electron chi connectivity index (χ1n) is 8.74. The summed E-state index contributed by atoms with van der Waals surface area (Å²) in [4.78, 5) is 37.3. The van der Waals surface area contributed by atoms with Gasteiger partial charge in [0.1, 0.15) is 11.8 Å². The molecule has 2 aromatic carbocycles. The van der Waals surface area contributed by atoms with Crippen LogP contribution in [-0.4, -0.2) is 42.9 Å². The summed E-state index contributed by atoms with van der Waals surface area (Å²) < 4.78 is 5.19. The van der Waals surface area contributed by atoms with E-state index in [-0.39, 0.29) is 0 Å². The highest BCUT2D eigenvalue weighted by molar-refractivity contribution is 7.98. The van der Waals surface area contributed by atoms with E-state index in [4.69, 9.17) is 16.3 Å². The summed E-state index contributed by atoms with van der Waals surface area (Å²) in [6, 6.07) is 12.1. The van der Waals surface area contributed by atoms with Crippen molar-refractivity contribution < 1.29 is 19.1 Å². The van der Waals surface area contributed by atoms with Crippen molar-refractivity contribution in [2.45, 2.75) is 12.5 Å². The summed E-state index contributed by atoms with van der Waals surface area (Å²) in [6.07, 6.45) is 2.30. The van der Waals surface area contributed by atoms with Gasteiger partial charge in [-0.3, -0.25) is 25.2 Å². The van der Waals surface area contributed by atoms with Gasteiger partial charge < -0.3 is 10.1 Å². The topological polar surface area (TPSA) is 96.5 Å². The Kier molecular flexibility index (Phi) is 8.82. The van der Waals surface area contributed by atoms with Crippen LogP contribution in [-0.2, 0) is 4.79 Å². The zero-order valence-corrected chi connectivity index (χ0v) is 17.6. The van der Waals surface area contributed by atoms with Crippen LogP contribution in [0.25, 0.3) is 0 Å². The minimum absolute atomic E-state index is 0.321. The molecule has 29 heavy (non-hydrogen) atoms. The Hall–Kier alpha value is -2.71. The van der Waals surface area contributed by atoms with E-state index in [0.29, 0.717) is 34.1 Å². The zero-order chi connectivity index (χ0) is 21.2. The number of rotatable bonds is 8. The molecule has 0 heterocycles. The lowest BCUT2D eigenvalue weighted by Crippen LogP contribution is -2.52. The Labute approximate surface area is 178 Å². The molecular weight excluding hydrogens is 414 g/mol. The summed E-state index contributed by atoms with van der Waals surface area (Å²) in [7, 11) is 1.47. The second kappa shape index (κ2) is 11.3. The molecule has 3 N–H and O–H groups in total. The Balaban J connectivity index is 2.02. The largest absolute Gasteiger partial charge is 0.496 e. The van der Waals surface area contributed by atoms with Gasteiger partial charge in [0.25, 0.3) is 17.7 Å². The number of hydrazine groups is 1. The van der Waals surface area contributed by atoms with Crippen LogP contribution in [0.2, 0.25) is 5.02 Å². The van der Waals surface area contributed by atoms with Crippen molar-refractivity contribution in [2.24, 2.45) is 0 Å². The second-order valence-electron chi connectivity index (χ2n) is 5.96. The van der Waals surface area contributed by atoms with E-state index < -0.39 is 23.8 Å². The van der Waals surface area contributed by atoms with Crippen LogP contribution in [0.1, 0.15) is 27.1 Å². The van der Waals surface area contributed by atoms with Gasteiger partial charge in [0.2, 0.25) is 0 Å². The Bertz CT molecular complexity index is 861. The van der Waals surface area contributed by atoms with E-state index >= 15 is 0 Å². The van der Waals surface area contributed by atoms with E-state index in [0.717, 1.165) is 0 Å². The highest BCUT2D eigenvalue weighted by atomic mass is 35.5.